The van der Waals surface area contributed by atoms with Gasteiger partial charge in [-0.2, -0.15) is 0 Å². The fourth-order valence-electron chi connectivity index (χ4n) is 2.61. The van der Waals surface area contributed by atoms with E-state index in [0.717, 1.165) is 31.8 Å². The summed E-state index contributed by atoms with van der Waals surface area (Å²) in [6, 6.07) is 0. The number of likely N-dealkylation sites (tertiary alicyclic amines) is 1. The van der Waals surface area contributed by atoms with Gasteiger partial charge in [0.05, 0.1) is 0 Å². The van der Waals surface area contributed by atoms with E-state index in [9.17, 15) is 4.79 Å². The molecular formula is C14H30ClN3O. The molecule has 1 aliphatic heterocycles. The summed E-state index contributed by atoms with van der Waals surface area (Å²) in [7, 11) is 2.21. The Morgan fingerprint density at radius 2 is 2.00 bits per heavy atom. The molecule has 0 radical (unpaired) electrons. The number of rotatable bonds is 7. The number of amides is 1. The second-order valence-corrected chi connectivity index (χ2v) is 5.48. The van der Waals surface area contributed by atoms with Gasteiger partial charge in [-0.3, -0.25) is 4.79 Å². The summed E-state index contributed by atoms with van der Waals surface area (Å²) >= 11 is 0. The normalized spacial score (nSPS) is 16.5. The standard InChI is InChI=1S/C14H29N3O.ClH/c1-3-4-9-16(2)12-13-6-10-17(11-7-13)14(18)5-8-15;/h13H,3-12,15H2,1-2H3;1H. The fourth-order valence-corrected chi connectivity index (χ4v) is 2.61. The van der Waals surface area contributed by atoms with Crippen LogP contribution in [0.5, 0.6) is 0 Å². The van der Waals surface area contributed by atoms with Crippen molar-refractivity contribution in [3.8, 4) is 0 Å². The van der Waals surface area contributed by atoms with Crippen LogP contribution < -0.4 is 5.73 Å². The highest BCUT2D eigenvalue weighted by molar-refractivity contribution is 5.85. The van der Waals surface area contributed by atoms with Crippen LogP contribution in [0.15, 0.2) is 0 Å². The van der Waals surface area contributed by atoms with E-state index in [0.29, 0.717) is 13.0 Å². The molecule has 0 atom stereocenters. The molecule has 1 saturated heterocycles. The quantitative estimate of drug-likeness (QED) is 0.777. The highest BCUT2D eigenvalue weighted by atomic mass is 35.5. The Labute approximate surface area is 124 Å². The van der Waals surface area contributed by atoms with Crippen LogP contribution in [-0.2, 0) is 4.79 Å². The molecule has 0 bridgehead atoms. The van der Waals surface area contributed by atoms with E-state index in [2.05, 4.69) is 18.9 Å². The minimum atomic E-state index is 0. The molecule has 0 aliphatic carbocycles. The first-order valence-electron chi connectivity index (χ1n) is 7.33. The van der Waals surface area contributed by atoms with Crippen LogP contribution in [0.2, 0.25) is 0 Å². The number of hydrogen-bond acceptors (Lipinski definition) is 3. The molecule has 0 aromatic carbocycles. The molecule has 1 rings (SSSR count). The van der Waals surface area contributed by atoms with Gasteiger partial charge in [0.1, 0.15) is 0 Å². The van der Waals surface area contributed by atoms with E-state index >= 15 is 0 Å². The number of piperidine rings is 1. The maximum Gasteiger partial charge on any atom is 0.223 e. The number of carbonyl (C=O) groups is 1. The minimum absolute atomic E-state index is 0. The number of halogens is 1. The van der Waals surface area contributed by atoms with Gasteiger partial charge >= 0.3 is 0 Å². The fraction of sp³-hybridized carbons (Fsp3) is 0.929. The summed E-state index contributed by atoms with van der Waals surface area (Å²) in [6.07, 6.45) is 5.33. The first kappa shape index (κ1) is 18.7. The zero-order valence-corrected chi connectivity index (χ0v) is 13.3. The van der Waals surface area contributed by atoms with Gasteiger partial charge in [0, 0.05) is 32.6 Å². The molecule has 0 spiro atoms. The summed E-state index contributed by atoms with van der Waals surface area (Å²) < 4.78 is 0. The van der Waals surface area contributed by atoms with Crippen molar-refractivity contribution in [3.05, 3.63) is 0 Å². The van der Waals surface area contributed by atoms with Crippen molar-refractivity contribution in [1.29, 1.82) is 0 Å². The van der Waals surface area contributed by atoms with Crippen LogP contribution in [-0.4, -0.2) is 55.5 Å². The largest absolute Gasteiger partial charge is 0.343 e. The van der Waals surface area contributed by atoms with Gasteiger partial charge in [-0.15, -0.1) is 12.4 Å². The van der Waals surface area contributed by atoms with Gasteiger partial charge in [-0.1, -0.05) is 13.3 Å². The second kappa shape index (κ2) is 10.5. The molecule has 1 fully saturated rings. The third-order valence-electron chi connectivity index (χ3n) is 3.79. The predicted octanol–water partition coefficient (Wildman–Crippen LogP) is 1.73. The van der Waals surface area contributed by atoms with Gasteiger partial charge in [-0.05, 0) is 38.8 Å². The Bertz CT molecular complexity index is 243. The van der Waals surface area contributed by atoms with Crippen molar-refractivity contribution in [2.75, 3.05) is 39.8 Å². The zero-order chi connectivity index (χ0) is 13.4. The Morgan fingerprint density at radius 1 is 1.37 bits per heavy atom. The van der Waals surface area contributed by atoms with Gasteiger partial charge in [-0.25, -0.2) is 0 Å². The van der Waals surface area contributed by atoms with Crippen molar-refractivity contribution < 1.29 is 4.79 Å². The Kier molecular flexibility index (Phi) is 10.3. The highest BCUT2D eigenvalue weighted by Crippen LogP contribution is 2.18. The molecule has 0 aromatic heterocycles. The molecular weight excluding hydrogens is 262 g/mol. The average molecular weight is 292 g/mol. The maximum absolute atomic E-state index is 11.7. The van der Waals surface area contributed by atoms with Crippen molar-refractivity contribution >= 4 is 18.3 Å². The number of unbranched alkanes of at least 4 members (excludes halogenated alkanes) is 1. The lowest BCUT2D eigenvalue weighted by Crippen LogP contribution is -2.41. The van der Waals surface area contributed by atoms with E-state index in [4.69, 9.17) is 5.73 Å². The van der Waals surface area contributed by atoms with Crippen LogP contribution in [0.1, 0.15) is 39.0 Å². The average Bonchev–Trinajstić information content (AvgIpc) is 2.37. The van der Waals surface area contributed by atoms with Crippen molar-refractivity contribution in [3.63, 3.8) is 0 Å². The molecule has 1 aliphatic rings. The van der Waals surface area contributed by atoms with E-state index in [1.807, 2.05) is 4.90 Å². The molecule has 1 heterocycles. The lowest BCUT2D eigenvalue weighted by Gasteiger charge is -2.34. The molecule has 4 nitrogen and oxygen atoms in total. The third-order valence-corrected chi connectivity index (χ3v) is 3.79. The molecule has 0 unspecified atom stereocenters. The topological polar surface area (TPSA) is 49.6 Å². The lowest BCUT2D eigenvalue weighted by atomic mass is 9.96. The minimum Gasteiger partial charge on any atom is -0.343 e. The van der Waals surface area contributed by atoms with E-state index < -0.39 is 0 Å². The van der Waals surface area contributed by atoms with Gasteiger partial charge in [0.25, 0.3) is 0 Å². The van der Waals surface area contributed by atoms with Crippen LogP contribution >= 0.6 is 12.4 Å². The summed E-state index contributed by atoms with van der Waals surface area (Å²) in [6.45, 7) is 6.92. The second-order valence-electron chi connectivity index (χ2n) is 5.48. The Balaban J connectivity index is 0.00000324. The van der Waals surface area contributed by atoms with Crippen LogP contribution in [0, 0.1) is 5.92 Å². The Morgan fingerprint density at radius 3 is 2.53 bits per heavy atom. The number of carbonyl (C=O) groups excluding carboxylic acids is 1. The zero-order valence-electron chi connectivity index (χ0n) is 12.4. The summed E-state index contributed by atoms with van der Waals surface area (Å²) in [5, 5.41) is 0. The van der Waals surface area contributed by atoms with Gasteiger partial charge < -0.3 is 15.5 Å². The van der Waals surface area contributed by atoms with Crippen molar-refractivity contribution in [2.24, 2.45) is 11.7 Å². The third kappa shape index (κ3) is 7.14. The highest BCUT2D eigenvalue weighted by Gasteiger charge is 2.22. The molecule has 0 aromatic rings. The molecule has 0 saturated carbocycles. The number of hydrogen-bond donors (Lipinski definition) is 1. The predicted molar refractivity (Wildman–Crippen MR) is 82.6 cm³/mol. The van der Waals surface area contributed by atoms with E-state index in [1.54, 1.807) is 0 Å². The van der Waals surface area contributed by atoms with Crippen LogP contribution in [0.25, 0.3) is 0 Å². The first-order valence-corrected chi connectivity index (χ1v) is 7.33. The molecule has 2 N–H and O–H groups in total. The van der Waals surface area contributed by atoms with E-state index in [1.165, 1.54) is 25.9 Å². The number of nitrogens with zero attached hydrogens (tertiary/aromatic N) is 2. The van der Waals surface area contributed by atoms with Crippen molar-refractivity contribution in [1.82, 2.24) is 9.80 Å². The first-order chi connectivity index (χ1) is 8.67. The van der Waals surface area contributed by atoms with Gasteiger partial charge in [0.15, 0.2) is 0 Å². The molecule has 5 heteroatoms. The molecule has 1 amide bonds. The number of nitrogens with two attached hydrogens (primary N) is 1. The molecule has 19 heavy (non-hydrogen) atoms. The van der Waals surface area contributed by atoms with Crippen LogP contribution in [0.3, 0.4) is 0 Å². The lowest BCUT2D eigenvalue weighted by molar-refractivity contribution is -0.132. The SMILES string of the molecule is CCCCN(C)CC1CCN(C(=O)CCN)CC1.Cl. The van der Waals surface area contributed by atoms with Crippen LogP contribution in [0.4, 0.5) is 0 Å². The monoisotopic (exact) mass is 291 g/mol. The van der Waals surface area contributed by atoms with E-state index in [-0.39, 0.29) is 18.3 Å². The summed E-state index contributed by atoms with van der Waals surface area (Å²) in [5.74, 6) is 0.990. The summed E-state index contributed by atoms with van der Waals surface area (Å²) in [5.41, 5.74) is 5.42. The Hall–Kier alpha value is -0.320. The van der Waals surface area contributed by atoms with Crippen molar-refractivity contribution in [2.45, 2.75) is 39.0 Å². The molecule has 114 valence electrons. The smallest absolute Gasteiger partial charge is 0.223 e. The summed E-state index contributed by atoms with van der Waals surface area (Å²) in [4.78, 5) is 16.1. The maximum atomic E-state index is 11.7. The van der Waals surface area contributed by atoms with Gasteiger partial charge in [0.2, 0.25) is 5.91 Å².